The largest absolute Gasteiger partial charge is 0.381 e. The minimum atomic E-state index is -0.339. The van der Waals surface area contributed by atoms with Crippen molar-refractivity contribution in [3.05, 3.63) is 0 Å². The minimum Gasteiger partial charge on any atom is -0.381 e. The second-order valence-corrected chi connectivity index (χ2v) is 3.31. The van der Waals surface area contributed by atoms with Crippen LogP contribution in [0.4, 0.5) is 0 Å². The van der Waals surface area contributed by atoms with Gasteiger partial charge in [0.25, 0.3) is 0 Å². The fourth-order valence-electron chi connectivity index (χ4n) is 2.04. The number of methoxy groups -OCH3 is 2. The summed E-state index contributed by atoms with van der Waals surface area (Å²) in [5.74, 6) is 0. The number of hydrogen-bond acceptors (Lipinski definition) is 4. The molecule has 2 heterocycles. The van der Waals surface area contributed by atoms with Gasteiger partial charge in [0.05, 0.1) is 19.8 Å². The number of rotatable bonds is 3. The van der Waals surface area contributed by atoms with Crippen molar-refractivity contribution in [1.82, 2.24) is 0 Å². The van der Waals surface area contributed by atoms with Crippen LogP contribution < -0.4 is 0 Å². The SMILES string of the molecule is COCC12COC(CO1)C2OC. The maximum absolute atomic E-state index is 5.61. The third kappa shape index (κ3) is 0.992. The van der Waals surface area contributed by atoms with Gasteiger partial charge in [0.15, 0.2) is 0 Å². The highest BCUT2D eigenvalue weighted by molar-refractivity contribution is 5.04. The second kappa shape index (κ2) is 2.96. The molecule has 3 atom stereocenters. The fourth-order valence-corrected chi connectivity index (χ4v) is 2.04. The van der Waals surface area contributed by atoms with Gasteiger partial charge in [-0.2, -0.15) is 0 Å². The number of hydrogen-bond donors (Lipinski definition) is 0. The van der Waals surface area contributed by atoms with Crippen LogP contribution in [0, 0.1) is 0 Å². The third-order valence-electron chi connectivity index (χ3n) is 2.58. The average Bonchev–Trinajstić information content (AvgIpc) is 2.58. The van der Waals surface area contributed by atoms with Crippen LogP contribution in [-0.4, -0.2) is 51.8 Å². The Morgan fingerprint density at radius 3 is 2.83 bits per heavy atom. The zero-order valence-electron chi connectivity index (χ0n) is 7.41. The van der Waals surface area contributed by atoms with Crippen LogP contribution in [-0.2, 0) is 18.9 Å². The molecule has 2 fully saturated rings. The van der Waals surface area contributed by atoms with Crippen molar-refractivity contribution in [2.24, 2.45) is 0 Å². The van der Waals surface area contributed by atoms with Gasteiger partial charge in [0.2, 0.25) is 0 Å². The van der Waals surface area contributed by atoms with E-state index in [4.69, 9.17) is 18.9 Å². The molecular weight excluding hydrogens is 160 g/mol. The lowest BCUT2D eigenvalue weighted by molar-refractivity contribution is -0.131. The normalized spacial score (nSPS) is 45.5. The highest BCUT2D eigenvalue weighted by Crippen LogP contribution is 2.37. The van der Waals surface area contributed by atoms with Gasteiger partial charge in [0.1, 0.15) is 17.8 Å². The highest BCUT2D eigenvalue weighted by atomic mass is 16.7. The standard InChI is InChI=1S/C8H14O4/c1-9-4-8-5-11-6(3-12-8)7(8)10-2/h6-7H,3-5H2,1-2H3. The van der Waals surface area contributed by atoms with E-state index in [-0.39, 0.29) is 17.8 Å². The molecule has 0 amide bonds. The maximum atomic E-state index is 5.61. The smallest absolute Gasteiger partial charge is 0.143 e. The van der Waals surface area contributed by atoms with E-state index >= 15 is 0 Å². The van der Waals surface area contributed by atoms with Crippen LogP contribution in [0.5, 0.6) is 0 Å². The van der Waals surface area contributed by atoms with Crippen molar-refractivity contribution in [1.29, 1.82) is 0 Å². The molecule has 4 nitrogen and oxygen atoms in total. The molecule has 2 rings (SSSR count). The average molecular weight is 174 g/mol. The predicted molar refractivity (Wildman–Crippen MR) is 41.1 cm³/mol. The number of fused-ring (bicyclic) bond motifs is 2. The van der Waals surface area contributed by atoms with Gasteiger partial charge in [-0.25, -0.2) is 0 Å². The van der Waals surface area contributed by atoms with Crippen LogP contribution >= 0.6 is 0 Å². The van der Waals surface area contributed by atoms with Crippen molar-refractivity contribution >= 4 is 0 Å². The first-order valence-electron chi connectivity index (χ1n) is 4.10. The molecule has 0 saturated carbocycles. The zero-order valence-corrected chi connectivity index (χ0v) is 7.41. The van der Waals surface area contributed by atoms with Gasteiger partial charge in [-0.3, -0.25) is 0 Å². The first-order valence-corrected chi connectivity index (χ1v) is 4.10. The van der Waals surface area contributed by atoms with E-state index in [2.05, 4.69) is 0 Å². The molecule has 0 spiro atoms. The molecule has 0 radical (unpaired) electrons. The minimum absolute atomic E-state index is 0.0393. The monoisotopic (exact) mass is 174 g/mol. The van der Waals surface area contributed by atoms with Gasteiger partial charge in [0, 0.05) is 14.2 Å². The zero-order chi connectivity index (χ0) is 8.60. The molecule has 0 aromatic carbocycles. The summed E-state index contributed by atoms with van der Waals surface area (Å²) < 4.78 is 21.5. The molecule has 2 bridgehead atoms. The molecule has 70 valence electrons. The van der Waals surface area contributed by atoms with Gasteiger partial charge in [-0.1, -0.05) is 0 Å². The van der Waals surface area contributed by atoms with Crippen LogP contribution in [0.15, 0.2) is 0 Å². The van der Waals surface area contributed by atoms with E-state index < -0.39 is 0 Å². The second-order valence-electron chi connectivity index (χ2n) is 3.31. The summed E-state index contributed by atoms with van der Waals surface area (Å²) in [7, 11) is 3.35. The number of ether oxygens (including phenoxy) is 4. The lowest BCUT2D eigenvalue weighted by atomic mass is 10.0. The molecule has 0 aromatic rings. The van der Waals surface area contributed by atoms with E-state index in [0.717, 1.165) is 0 Å². The lowest BCUT2D eigenvalue weighted by Crippen LogP contribution is -2.45. The summed E-state index contributed by atoms with van der Waals surface area (Å²) in [5, 5.41) is 0. The molecule has 12 heavy (non-hydrogen) atoms. The predicted octanol–water partition coefficient (Wildman–Crippen LogP) is -0.184. The van der Waals surface area contributed by atoms with Crippen molar-refractivity contribution in [2.75, 3.05) is 34.0 Å². The first-order chi connectivity index (χ1) is 5.82. The van der Waals surface area contributed by atoms with Crippen LogP contribution in [0.1, 0.15) is 0 Å². The molecular formula is C8H14O4. The summed E-state index contributed by atoms with van der Waals surface area (Å²) in [5.41, 5.74) is -0.339. The Hall–Kier alpha value is -0.160. The molecule has 4 heteroatoms. The van der Waals surface area contributed by atoms with Crippen molar-refractivity contribution in [3.8, 4) is 0 Å². The molecule has 2 aliphatic rings. The van der Waals surface area contributed by atoms with Gasteiger partial charge in [-0.05, 0) is 0 Å². The Labute approximate surface area is 71.7 Å². The van der Waals surface area contributed by atoms with E-state index in [0.29, 0.717) is 19.8 Å². The van der Waals surface area contributed by atoms with Crippen molar-refractivity contribution < 1.29 is 18.9 Å². The fraction of sp³-hybridized carbons (Fsp3) is 1.00. The Morgan fingerprint density at radius 1 is 1.50 bits per heavy atom. The third-order valence-corrected chi connectivity index (χ3v) is 2.58. The summed E-state index contributed by atoms with van der Waals surface area (Å²) in [6, 6.07) is 0. The van der Waals surface area contributed by atoms with Crippen LogP contribution in [0.3, 0.4) is 0 Å². The summed E-state index contributed by atoms with van der Waals surface area (Å²) >= 11 is 0. The Balaban J connectivity index is 2.12. The molecule has 0 N–H and O–H groups in total. The topological polar surface area (TPSA) is 36.9 Å². The van der Waals surface area contributed by atoms with E-state index in [1.165, 1.54) is 0 Å². The molecule has 2 saturated heterocycles. The molecule has 0 aromatic heterocycles. The summed E-state index contributed by atoms with van der Waals surface area (Å²) in [6.07, 6.45) is 0.141. The quantitative estimate of drug-likeness (QED) is 0.594. The maximum Gasteiger partial charge on any atom is 0.143 e. The Kier molecular flexibility index (Phi) is 2.08. The molecule has 0 aliphatic carbocycles. The van der Waals surface area contributed by atoms with Crippen LogP contribution in [0.25, 0.3) is 0 Å². The van der Waals surface area contributed by atoms with E-state index in [1.54, 1.807) is 14.2 Å². The van der Waals surface area contributed by atoms with E-state index in [9.17, 15) is 0 Å². The highest BCUT2D eigenvalue weighted by Gasteiger charge is 2.57. The summed E-state index contributed by atoms with van der Waals surface area (Å²) in [4.78, 5) is 0. The lowest BCUT2D eigenvalue weighted by Gasteiger charge is -2.27. The van der Waals surface area contributed by atoms with Crippen LogP contribution in [0.2, 0.25) is 0 Å². The van der Waals surface area contributed by atoms with Crippen molar-refractivity contribution in [2.45, 2.75) is 17.8 Å². The molecule has 2 aliphatic heterocycles. The van der Waals surface area contributed by atoms with Crippen molar-refractivity contribution in [3.63, 3.8) is 0 Å². The van der Waals surface area contributed by atoms with E-state index in [1.807, 2.05) is 0 Å². The van der Waals surface area contributed by atoms with Gasteiger partial charge < -0.3 is 18.9 Å². The summed E-state index contributed by atoms with van der Waals surface area (Å²) in [6.45, 7) is 1.76. The first kappa shape index (κ1) is 8.44. The Bertz CT molecular complexity index is 162. The Morgan fingerprint density at radius 2 is 2.33 bits per heavy atom. The molecule has 3 unspecified atom stereocenters. The van der Waals surface area contributed by atoms with Gasteiger partial charge >= 0.3 is 0 Å². The van der Waals surface area contributed by atoms with Gasteiger partial charge in [-0.15, -0.1) is 0 Å².